The third-order valence-corrected chi connectivity index (χ3v) is 3.90. The van der Waals surface area contributed by atoms with E-state index in [9.17, 15) is 0 Å². The fraction of sp³-hybridized carbons (Fsp3) is 0.900. The minimum Gasteiger partial charge on any atom is -0.381 e. The molecule has 0 fully saturated rings. The fourth-order valence-electron chi connectivity index (χ4n) is 2.52. The molecule has 0 saturated heterocycles. The van der Waals surface area contributed by atoms with E-state index in [-0.39, 0.29) is 0 Å². The first-order valence-electron chi connectivity index (χ1n) is 9.64. The summed E-state index contributed by atoms with van der Waals surface area (Å²) < 4.78 is 5.49. The minimum absolute atomic E-state index is 0.934. The van der Waals surface area contributed by atoms with Crippen LogP contribution < -0.4 is 0 Å². The van der Waals surface area contributed by atoms with Crippen molar-refractivity contribution < 1.29 is 4.74 Å². The van der Waals surface area contributed by atoms with Crippen molar-refractivity contribution in [2.75, 3.05) is 13.2 Å². The molecule has 0 unspecified atom stereocenters. The molecule has 0 bridgehead atoms. The normalized spacial score (nSPS) is 11.5. The summed E-state index contributed by atoms with van der Waals surface area (Å²) in [4.78, 5) is 0. The van der Waals surface area contributed by atoms with Crippen LogP contribution >= 0.6 is 0 Å². The highest BCUT2D eigenvalue weighted by Gasteiger charge is 1.91. The summed E-state index contributed by atoms with van der Waals surface area (Å²) in [6.45, 7) is 6.35. The predicted molar refractivity (Wildman–Crippen MR) is 95.9 cm³/mol. The molecule has 0 saturated carbocycles. The van der Waals surface area contributed by atoms with Crippen molar-refractivity contribution in [3.05, 3.63) is 12.2 Å². The van der Waals surface area contributed by atoms with Gasteiger partial charge >= 0.3 is 0 Å². The average molecular weight is 297 g/mol. The molecule has 0 aromatic carbocycles. The van der Waals surface area contributed by atoms with Crippen molar-refractivity contribution in [1.82, 2.24) is 0 Å². The Kier molecular flexibility index (Phi) is 19.4. The zero-order valence-electron chi connectivity index (χ0n) is 14.9. The Morgan fingerprint density at radius 3 is 1.62 bits per heavy atom. The van der Waals surface area contributed by atoms with E-state index in [2.05, 4.69) is 26.0 Å². The maximum Gasteiger partial charge on any atom is 0.0466 e. The van der Waals surface area contributed by atoms with E-state index in [1.54, 1.807) is 0 Å². The Hall–Kier alpha value is -0.300. The van der Waals surface area contributed by atoms with Crippen LogP contribution in [0.25, 0.3) is 0 Å². The van der Waals surface area contributed by atoms with E-state index in [1.165, 1.54) is 83.5 Å². The third kappa shape index (κ3) is 19.7. The minimum atomic E-state index is 0.934. The van der Waals surface area contributed by atoms with Gasteiger partial charge in [-0.2, -0.15) is 0 Å². The molecule has 0 radical (unpaired) electrons. The molecule has 0 N–H and O–H groups in total. The first kappa shape index (κ1) is 20.7. The number of hydrogen-bond donors (Lipinski definition) is 0. The van der Waals surface area contributed by atoms with Gasteiger partial charge in [-0.15, -0.1) is 0 Å². The fourth-order valence-corrected chi connectivity index (χ4v) is 2.52. The van der Waals surface area contributed by atoms with Crippen LogP contribution in [0.4, 0.5) is 0 Å². The average Bonchev–Trinajstić information content (AvgIpc) is 2.50. The van der Waals surface area contributed by atoms with Gasteiger partial charge in [0.05, 0.1) is 0 Å². The van der Waals surface area contributed by atoms with Crippen molar-refractivity contribution >= 4 is 0 Å². The summed E-state index contributed by atoms with van der Waals surface area (Å²) in [5.74, 6) is 0. The molecule has 0 aromatic heterocycles. The van der Waals surface area contributed by atoms with Crippen LogP contribution in [-0.4, -0.2) is 13.2 Å². The molecule has 1 heteroatoms. The van der Waals surface area contributed by atoms with Crippen molar-refractivity contribution in [3.8, 4) is 0 Å². The molecule has 0 atom stereocenters. The van der Waals surface area contributed by atoms with Crippen LogP contribution in [0.1, 0.15) is 104 Å². The molecule has 126 valence electrons. The molecule has 0 heterocycles. The largest absolute Gasteiger partial charge is 0.381 e. The molecular formula is C20H40O. The quantitative estimate of drug-likeness (QED) is 0.206. The Morgan fingerprint density at radius 1 is 0.524 bits per heavy atom. The lowest BCUT2D eigenvalue weighted by Gasteiger charge is -2.02. The highest BCUT2D eigenvalue weighted by atomic mass is 16.5. The lowest BCUT2D eigenvalue weighted by molar-refractivity contribution is 0.130. The Labute approximate surface area is 134 Å². The maximum atomic E-state index is 5.49. The van der Waals surface area contributed by atoms with Crippen molar-refractivity contribution in [2.24, 2.45) is 0 Å². The van der Waals surface area contributed by atoms with Crippen molar-refractivity contribution in [2.45, 2.75) is 104 Å². The standard InChI is InChI=1S/C20H40O/c1-3-5-6-7-8-9-10-11-12-13-14-15-16-17-18-20-21-19-4-2/h11-12H,3-10,13-20H2,1-2H3/b12-11-. The van der Waals surface area contributed by atoms with Crippen LogP contribution in [0.15, 0.2) is 12.2 Å². The first-order valence-corrected chi connectivity index (χ1v) is 9.64. The van der Waals surface area contributed by atoms with Crippen molar-refractivity contribution in [3.63, 3.8) is 0 Å². The van der Waals surface area contributed by atoms with Gasteiger partial charge in [0.2, 0.25) is 0 Å². The highest BCUT2D eigenvalue weighted by Crippen LogP contribution is 2.09. The monoisotopic (exact) mass is 296 g/mol. The Bertz CT molecular complexity index is 198. The Morgan fingerprint density at radius 2 is 1.05 bits per heavy atom. The molecule has 21 heavy (non-hydrogen) atoms. The van der Waals surface area contributed by atoms with Gasteiger partial charge in [0.1, 0.15) is 0 Å². The maximum absolute atomic E-state index is 5.49. The van der Waals surface area contributed by atoms with Crippen LogP contribution in [0, 0.1) is 0 Å². The van der Waals surface area contributed by atoms with Gasteiger partial charge in [0.25, 0.3) is 0 Å². The smallest absolute Gasteiger partial charge is 0.0466 e. The van der Waals surface area contributed by atoms with Gasteiger partial charge in [-0.25, -0.2) is 0 Å². The van der Waals surface area contributed by atoms with Crippen LogP contribution in [-0.2, 0) is 4.74 Å². The van der Waals surface area contributed by atoms with E-state index in [4.69, 9.17) is 4.74 Å². The molecule has 0 aliphatic rings. The molecule has 0 aliphatic carbocycles. The topological polar surface area (TPSA) is 9.23 Å². The summed E-state index contributed by atoms with van der Waals surface area (Å²) in [5.41, 5.74) is 0. The molecule has 0 aromatic rings. The second-order valence-corrected chi connectivity index (χ2v) is 6.20. The van der Waals surface area contributed by atoms with Gasteiger partial charge in [-0.1, -0.05) is 77.4 Å². The molecule has 0 aliphatic heterocycles. The number of unbranched alkanes of at least 4 members (excludes halogenated alkanes) is 11. The van der Waals surface area contributed by atoms with Gasteiger partial charge in [-0.3, -0.25) is 0 Å². The van der Waals surface area contributed by atoms with Crippen LogP contribution in [0.3, 0.4) is 0 Å². The van der Waals surface area contributed by atoms with Crippen LogP contribution in [0.5, 0.6) is 0 Å². The zero-order valence-corrected chi connectivity index (χ0v) is 14.9. The summed E-state index contributed by atoms with van der Waals surface area (Å²) >= 11 is 0. The second-order valence-electron chi connectivity index (χ2n) is 6.20. The van der Waals surface area contributed by atoms with E-state index in [0.29, 0.717) is 0 Å². The molecule has 0 amide bonds. The summed E-state index contributed by atoms with van der Waals surface area (Å²) in [5, 5.41) is 0. The lowest BCUT2D eigenvalue weighted by atomic mass is 10.1. The first-order chi connectivity index (χ1) is 10.4. The number of rotatable bonds is 17. The molecule has 0 rings (SSSR count). The zero-order chi connectivity index (χ0) is 15.4. The van der Waals surface area contributed by atoms with Crippen molar-refractivity contribution in [1.29, 1.82) is 0 Å². The van der Waals surface area contributed by atoms with E-state index >= 15 is 0 Å². The summed E-state index contributed by atoms with van der Waals surface area (Å²) in [7, 11) is 0. The van der Waals surface area contributed by atoms with Gasteiger partial charge in [0, 0.05) is 13.2 Å². The molecule has 1 nitrogen and oxygen atoms in total. The lowest BCUT2D eigenvalue weighted by Crippen LogP contribution is -1.95. The SMILES string of the molecule is CCCCCCCC/C=C\CCCCCCCOCCC. The molecular weight excluding hydrogens is 256 g/mol. The van der Waals surface area contributed by atoms with Gasteiger partial charge in [0.15, 0.2) is 0 Å². The third-order valence-electron chi connectivity index (χ3n) is 3.90. The number of hydrogen-bond acceptors (Lipinski definition) is 1. The summed E-state index contributed by atoms with van der Waals surface area (Å²) in [6.07, 6.45) is 23.7. The highest BCUT2D eigenvalue weighted by molar-refractivity contribution is 4.81. The Balaban J connectivity index is 3.02. The number of allylic oxidation sites excluding steroid dienone is 2. The second kappa shape index (κ2) is 19.7. The van der Waals surface area contributed by atoms with Crippen LogP contribution in [0.2, 0.25) is 0 Å². The van der Waals surface area contributed by atoms with E-state index in [1.807, 2.05) is 0 Å². The predicted octanol–water partition coefficient (Wildman–Crippen LogP) is 7.06. The van der Waals surface area contributed by atoms with Gasteiger partial charge in [-0.05, 0) is 38.5 Å². The van der Waals surface area contributed by atoms with Gasteiger partial charge < -0.3 is 4.74 Å². The molecule has 0 spiro atoms. The van der Waals surface area contributed by atoms with E-state index in [0.717, 1.165) is 19.6 Å². The van der Waals surface area contributed by atoms with E-state index < -0.39 is 0 Å². The summed E-state index contributed by atoms with van der Waals surface area (Å²) in [6, 6.07) is 0. The number of ether oxygens (including phenoxy) is 1.